The van der Waals surface area contributed by atoms with Gasteiger partial charge in [-0.1, -0.05) is 44.9 Å². The fourth-order valence-corrected chi connectivity index (χ4v) is 9.76. The van der Waals surface area contributed by atoms with Crippen LogP contribution in [-0.4, -0.2) is 101 Å². The number of fused-ring (bicyclic) bond motifs is 2. The van der Waals surface area contributed by atoms with E-state index in [2.05, 4.69) is 5.32 Å². The summed E-state index contributed by atoms with van der Waals surface area (Å²) in [5.41, 5.74) is 6.07. The molecule has 256 valence electrons. The molecular formula is C34H56N2O9. The van der Waals surface area contributed by atoms with Crippen LogP contribution < -0.4 is 11.1 Å². The van der Waals surface area contributed by atoms with Crippen LogP contribution in [-0.2, 0) is 23.8 Å². The van der Waals surface area contributed by atoms with Gasteiger partial charge >= 0.3 is 0 Å². The summed E-state index contributed by atoms with van der Waals surface area (Å²) >= 11 is 0. The van der Waals surface area contributed by atoms with Gasteiger partial charge < -0.3 is 45.7 Å². The van der Waals surface area contributed by atoms with Gasteiger partial charge in [-0.15, -0.1) is 0 Å². The zero-order valence-corrected chi connectivity index (χ0v) is 26.6. The second-order valence-corrected chi connectivity index (χ2v) is 15.0. The van der Waals surface area contributed by atoms with Crippen molar-refractivity contribution in [2.24, 2.45) is 47.2 Å². The topological polar surface area (TPSA) is 181 Å². The number of carbonyl (C=O) groups is 2. The standard InChI is InChI=1S/C34H56N2O9/c35-25-15-19(10-12-36-25)11-13-43-33-31(42)29(40)24(17-37)44-34(33)45-32-20(14-18-6-2-1-3-7-18)16-23-26(30(32)41)28(39)22-9-5-4-8-21(22)27(23)38/h18-26,29-34,36-37,40-42H,1-17,35H2/t19?,20?,21?,22?,23?,24-,25?,26?,29-,30?,31+,32?,33-,34-/m0/s1. The number of Topliss-reactive ketones (excluding diaryl/α,β-unsaturated/α-hetero) is 2. The minimum Gasteiger partial charge on any atom is -0.394 e. The molecule has 0 aromatic rings. The van der Waals surface area contributed by atoms with Gasteiger partial charge in [0.05, 0.1) is 30.9 Å². The fraction of sp³-hybridized carbons (Fsp3) is 0.941. The van der Waals surface area contributed by atoms with Gasteiger partial charge in [0.15, 0.2) is 6.29 Å². The first-order chi connectivity index (χ1) is 21.8. The second kappa shape index (κ2) is 15.0. The molecule has 11 heteroatoms. The van der Waals surface area contributed by atoms with Crippen molar-refractivity contribution in [3.63, 3.8) is 0 Å². The van der Waals surface area contributed by atoms with E-state index in [1.54, 1.807) is 0 Å². The van der Waals surface area contributed by atoms with Crippen molar-refractivity contribution in [3.05, 3.63) is 0 Å². The van der Waals surface area contributed by atoms with Gasteiger partial charge in [0.1, 0.15) is 36.0 Å². The summed E-state index contributed by atoms with van der Waals surface area (Å²) in [5, 5.41) is 47.1. The van der Waals surface area contributed by atoms with Crippen LogP contribution >= 0.6 is 0 Å². The number of ketones is 2. The molecule has 0 spiro atoms. The van der Waals surface area contributed by atoms with Crippen molar-refractivity contribution >= 4 is 11.6 Å². The molecule has 14 atom stereocenters. The summed E-state index contributed by atoms with van der Waals surface area (Å²) in [4.78, 5) is 27.8. The number of hydrogen-bond acceptors (Lipinski definition) is 11. The van der Waals surface area contributed by atoms with E-state index in [9.17, 15) is 30.0 Å². The molecule has 11 nitrogen and oxygen atoms in total. The first-order valence-corrected chi connectivity index (χ1v) is 17.9. The number of piperidine rings is 1. The van der Waals surface area contributed by atoms with E-state index in [1.165, 1.54) is 6.42 Å². The van der Waals surface area contributed by atoms with Crippen LogP contribution in [0.25, 0.3) is 0 Å². The van der Waals surface area contributed by atoms with Crippen molar-refractivity contribution in [2.45, 2.75) is 139 Å². The number of ether oxygens (including phenoxy) is 3. The number of carbonyl (C=O) groups excluding carboxylic acids is 2. The highest BCUT2D eigenvalue weighted by molar-refractivity contribution is 6.00. The quantitative estimate of drug-likeness (QED) is 0.202. The van der Waals surface area contributed by atoms with Crippen molar-refractivity contribution < 1.29 is 44.2 Å². The van der Waals surface area contributed by atoms with E-state index < -0.39 is 61.4 Å². The molecule has 6 fully saturated rings. The molecule has 7 N–H and O–H groups in total. The molecule has 0 radical (unpaired) electrons. The predicted molar refractivity (Wildman–Crippen MR) is 163 cm³/mol. The SMILES string of the molecule is NC1CC(CCO[C@@H]2[C@H](OC3C(CC4CCCCC4)CC4C(=O)C5CCCCC5C(=O)C4C3O)O[C@@H](CO)[C@H](O)[C@H]2O)CCN1. The third kappa shape index (κ3) is 7.22. The summed E-state index contributed by atoms with van der Waals surface area (Å²) in [6.45, 7) is 0.589. The Labute approximate surface area is 266 Å². The molecule has 6 rings (SSSR count). The minimum absolute atomic E-state index is 0.0113. The molecular weight excluding hydrogens is 580 g/mol. The first kappa shape index (κ1) is 33.9. The average Bonchev–Trinajstić information content (AvgIpc) is 3.04. The third-order valence-electron chi connectivity index (χ3n) is 12.2. The van der Waals surface area contributed by atoms with Gasteiger partial charge in [0.2, 0.25) is 0 Å². The third-order valence-corrected chi connectivity index (χ3v) is 12.2. The lowest BCUT2D eigenvalue weighted by Crippen LogP contribution is -2.64. The Hall–Kier alpha value is -1.02. The smallest absolute Gasteiger partial charge is 0.187 e. The van der Waals surface area contributed by atoms with Gasteiger partial charge in [-0.3, -0.25) is 9.59 Å². The Bertz CT molecular complexity index is 1010. The summed E-state index contributed by atoms with van der Waals surface area (Å²) < 4.78 is 18.8. The van der Waals surface area contributed by atoms with Crippen LogP contribution in [0.3, 0.4) is 0 Å². The van der Waals surface area contributed by atoms with E-state index in [-0.39, 0.29) is 35.5 Å². The maximum atomic E-state index is 13.9. The van der Waals surface area contributed by atoms with Gasteiger partial charge in [-0.2, -0.15) is 0 Å². The molecule has 4 saturated carbocycles. The van der Waals surface area contributed by atoms with Crippen molar-refractivity contribution in [1.29, 1.82) is 0 Å². The van der Waals surface area contributed by atoms with E-state index in [4.69, 9.17) is 19.9 Å². The number of rotatable bonds is 9. The van der Waals surface area contributed by atoms with Gasteiger partial charge in [0, 0.05) is 24.4 Å². The number of aliphatic hydroxyl groups excluding tert-OH is 4. The summed E-state index contributed by atoms with van der Waals surface area (Å²) in [6.07, 6.45) is 4.59. The molecule has 45 heavy (non-hydrogen) atoms. The largest absolute Gasteiger partial charge is 0.394 e. The highest BCUT2D eigenvalue weighted by Crippen LogP contribution is 2.50. The Balaban J connectivity index is 1.23. The molecule has 2 heterocycles. The lowest BCUT2D eigenvalue weighted by molar-refractivity contribution is -0.333. The molecule has 9 unspecified atom stereocenters. The van der Waals surface area contributed by atoms with E-state index in [0.29, 0.717) is 37.7 Å². The van der Waals surface area contributed by atoms with Gasteiger partial charge in [-0.05, 0) is 69.2 Å². The Kier molecular flexibility index (Phi) is 11.3. The lowest BCUT2D eigenvalue weighted by atomic mass is 9.55. The van der Waals surface area contributed by atoms with Gasteiger partial charge in [-0.25, -0.2) is 0 Å². The van der Waals surface area contributed by atoms with Crippen LogP contribution in [0.1, 0.15) is 89.9 Å². The summed E-state index contributed by atoms with van der Waals surface area (Å²) in [5.74, 6) is -1.14. The molecule has 2 saturated heterocycles. The zero-order chi connectivity index (χ0) is 31.7. The summed E-state index contributed by atoms with van der Waals surface area (Å²) in [6, 6.07) is 0. The molecule has 0 amide bonds. The fourth-order valence-electron chi connectivity index (χ4n) is 9.76. The maximum Gasteiger partial charge on any atom is 0.187 e. The van der Waals surface area contributed by atoms with Crippen LogP contribution in [0, 0.1) is 41.4 Å². The monoisotopic (exact) mass is 636 g/mol. The minimum atomic E-state index is -1.39. The van der Waals surface area contributed by atoms with Crippen LogP contribution in [0.2, 0.25) is 0 Å². The van der Waals surface area contributed by atoms with Crippen LogP contribution in [0.15, 0.2) is 0 Å². The molecule has 6 aliphatic rings. The predicted octanol–water partition coefficient (Wildman–Crippen LogP) is 1.41. The summed E-state index contributed by atoms with van der Waals surface area (Å²) in [7, 11) is 0. The molecule has 2 aliphatic heterocycles. The van der Waals surface area contributed by atoms with Crippen LogP contribution in [0.5, 0.6) is 0 Å². The Morgan fingerprint density at radius 1 is 0.800 bits per heavy atom. The Morgan fingerprint density at radius 3 is 2.22 bits per heavy atom. The highest BCUT2D eigenvalue weighted by atomic mass is 16.7. The molecule has 4 aliphatic carbocycles. The lowest BCUT2D eigenvalue weighted by Gasteiger charge is -2.52. The number of hydrogen-bond donors (Lipinski definition) is 6. The van der Waals surface area contributed by atoms with E-state index in [1.807, 2.05) is 0 Å². The normalized spacial score (nSPS) is 46.4. The molecule has 0 aromatic heterocycles. The maximum absolute atomic E-state index is 13.9. The molecule has 0 aromatic carbocycles. The zero-order valence-electron chi connectivity index (χ0n) is 26.6. The molecule has 0 bridgehead atoms. The Morgan fingerprint density at radius 2 is 1.51 bits per heavy atom. The van der Waals surface area contributed by atoms with Gasteiger partial charge in [0.25, 0.3) is 0 Å². The first-order valence-electron chi connectivity index (χ1n) is 17.9. The number of nitrogens with two attached hydrogens (primary N) is 1. The number of nitrogens with one attached hydrogen (secondary N) is 1. The van der Waals surface area contributed by atoms with Crippen molar-refractivity contribution in [2.75, 3.05) is 19.8 Å². The van der Waals surface area contributed by atoms with E-state index in [0.717, 1.165) is 70.8 Å². The van der Waals surface area contributed by atoms with E-state index >= 15 is 0 Å². The average molecular weight is 637 g/mol. The second-order valence-electron chi connectivity index (χ2n) is 15.0. The number of aliphatic hydroxyl groups is 4. The van der Waals surface area contributed by atoms with Crippen molar-refractivity contribution in [3.8, 4) is 0 Å². The van der Waals surface area contributed by atoms with Crippen molar-refractivity contribution in [1.82, 2.24) is 5.32 Å². The highest BCUT2D eigenvalue weighted by Gasteiger charge is 2.59. The van der Waals surface area contributed by atoms with Crippen LogP contribution in [0.4, 0.5) is 0 Å².